The fraction of sp³-hybridized carbons (Fsp3) is 0.462. The molecule has 1 unspecified atom stereocenters. The minimum Gasteiger partial charge on any atom is -0.332 e. The van der Waals surface area contributed by atoms with Crippen molar-refractivity contribution in [2.24, 2.45) is 5.73 Å². The summed E-state index contributed by atoms with van der Waals surface area (Å²) in [7, 11) is 2.00. The van der Waals surface area contributed by atoms with E-state index in [1.807, 2.05) is 7.05 Å². The van der Waals surface area contributed by atoms with Gasteiger partial charge in [0.25, 0.3) is 5.91 Å². The first-order valence-electron chi connectivity index (χ1n) is 6.17. The van der Waals surface area contributed by atoms with E-state index < -0.39 is 5.82 Å². The molecule has 2 N–H and O–H groups in total. The molecule has 1 aliphatic rings. The van der Waals surface area contributed by atoms with Crippen molar-refractivity contribution >= 4 is 21.8 Å². The Hall–Kier alpha value is -0.980. The highest BCUT2D eigenvalue weighted by atomic mass is 79.9. The Morgan fingerprint density at radius 2 is 2.26 bits per heavy atom. The van der Waals surface area contributed by atoms with Gasteiger partial charge in [-0.05, 0) is 41.2 Å². The van der Waals surface area contributed by atoms with Gasteiger partial charge in [0.1, 0.15) is 5.82 Å². The average molecular weight is 330 g/mol. The number of benzene rings is 1. The Morgan fingerprint density at radius 1 is 1.53 bits per heavy atom. The van der Waals surface area contributed by atoms with E-state index in [2.05, 4.69) is 20.8 Å². The Balaban J connectivity index is 2.25. The van der Waals surface area contributed by atoms with E-state index in [1.54, 1.807) is 11.0 Å². The third-order valence-corrected chi connectivity index (χ3v) is 4.07. The van der Waals surface area contributed by atoms with Crippen molar-refractivity contribution in [3.05, 3.63) is 34.1 Å². The number of amides is 1. The van der Waals surface area contributed by atoms with Crippen molar-refractivity contribution in [3.63, 3.8) is 0 Å². The molecule has 19 heavy (non-hydrogen) atoms. The van der Waals surface area contributed by atoms with Crippen LogP contribution in [0.2, 0.25) is 0 Å². The number of hydrogen-bond donors (Lipinski definition) is 1. The predicted octanol–water partition coefficient (Wildman–Crippen LogP) is 1.30. The first-order valence-corrected chi connectivity index (χ1v) is 6.97. The number of hydrogen-bond acceptors (Lipinski definition) is 3. The summed E-state index contributed by atoms with van der Waals surface area (Å²) in [6, 6.07) is 4.11. The number of carbonyl (C=O) groups excluding carboxylic acids is 1. The van der Waals surface area contributed by atoms with Crippen molar-refractivity contribution in [1.29, 1.82) is 0 Å². The molecule has 1 aromatic rings. The molecule has 0 spiro atoms. The number of rotatable bonds is 2. The van der Waals surface area contributed by atoms with Crippen LogP contribution >= 0.6 is 15.9 Å². The Labute approximate surface area is 120 Å². The second-order valence-electron chi connectivity index (χ2n) is 4.77. The molecule has 1 amide bonds. The lowest BCUT2D eigenvalue weighted by atomic mass is 10.1. The van der Waals surface area contributed by atoms with E-state index in [0.717, 1.165) is 13.1 Å². The van der Waals surface area contributed by atoms with Crippen LogP contribution in [-0.4, -0.2) is 55.0 Å². The van der Waals surface area contributed by atoms with Crippen molar-refractivity contribution in [3.8, 4) is 0 Å². The van der Waals surface area contributed by atoms with Gasteiger partial charge in [0, 0.05) is 30.7 Å². The molecule has 0 radical (unpaired) electrons. The monoisotopic (exact) mass is 329 g/mol. The molecular formula is C13H17BrFN3O. The smallest absolute Gasteiger partial charge is 0.255 e. The van der Waals surface area contributed by atoms with Crippen LogP contribution in [-0.2, 0) is 0 Å². The molecule has 0 aliphatic carbocycles. The van der Waals surface area contributed by atoms with Gasteiger partial charge in [-0.15, -0.1) is 0 Å². The molecule has 1 saturated heterocycles. The van der Waals surface area contributed by atoms with E-state index in [1.165, 1.54) is 12.1 Å². The van der Waals surface area contributed by atoms with Gasteiger partial charge < -0.3 is 15.5 Å². The van der Waals surface area contributed by atoms with Crippen molar-refractivity contribution < 1.29 is 9.18 Å². The van der Waals surface area contributed by atoms with Gasteiger partial charge in [0.2, 0.25) is 0 Å². The molecule has 1 aliphatic heterocycles. The predicted molar refractivity (Wildman–Crippen MR) is 75.5 cm³/mol. The van der Waals surface area contributed by atoms with Crippen LogP contribution in [0.5, 0.6) is 0 Å². The lowest BCUT2D eigenvalue weighted by Gasteiger charge is -2.39. The summed E-state index contributed by atoms with van der Waals surface area (Å²) in [5.74, 6) is -0.583. The summed E-state index contributed by atoms with van der Waals surface area (Å²) in [4.78, 5) is 16.4. The standard InChI is InChI=1S/C13H17BrFN3O/c1-17-4-5-18(10(7-16)8-17)13(19)11-6-9(15)2-3-12(11)14/h2-3,6,10H,4-5,7-8,16H2,1H3. The second-order valence-corrected chi connectivity index (χ2v) is 5.63. The molecule has 0 aromatic heterocycles. The normalized spacial score (nSPS) is 20.6. The highest BCUT2D eigenvalue weighted by molar-refractivity contribution is 9.10. The molecule has 2 rings (SSSR count). The second kappa shape index (κ2) is 5.98. The highest BCUT2D eigenvalue weighted by Gasteiger charge is 2.29. The summed E-state index contributed by atoms with van der Waals surface area (Å²) in [5.41, 5.74) is 6.08. The third kappa shape index (κ3) is 3.13. The Morgan fingerprint density at radius 3 is 2.95 bits per heavy atom. The van der Waals surface area contributed by atoms with Gasteiger partial charge in [0.05, 0.1) is 11.6 Å². The van der Waals surface area contributed by atoms with Gasteiger partial charge in [-0.25, -0.2) is 4.39 Å². The summed E-state index contributed by atoms with van der Waals surface area (Å²) >= 11 is 3.30. The SMILES string of the molecule is CN1CCN(C(=O)c2cc(F)ccc2Br)C(CN)C1. The summed E-state index contributed by atoms with van der Waals surface area (Å²) in [5, 5.41) is 0. The van der Waals surface area contributed by atoms with Crippen LogP contribution in [0.3, 0.4) is 0 Å². The highest BCUT2D eigenvalue weighted by Crippen LogP contribution is 2.21. The van der Waals surface area contributed by atoms with E-state index in [9.17, 15) is 9.18 Å². The quantitative estimate of drug-likeness (QED) is 0.889. The number of nitrogens with two attached hydrogens (primary N) is 1. The van der Waals surface area contributed by atoms with Crippen LogP contribution in [0.15, 0.2) is 22.7 Å². The third-order valence-electron chi connectivity index (χ3n) is 3.38. The lowest BCUT2D eigenvalue weighted by Crippen LogP contribution is -2.56. The van der Waals surface area contributed by atoms with Crippen molar-refractivity contribution in [2.75, 3.05) is 33.2 Å². The van der Waals surface area contributed by atoms with Gasteiger partial charge >= 0.3 is 0 Å². The molecule has 1 atom stereocenters. The minimum absolute atomic E-state index is 0.0265. The number of piperazine rings is 1. The van der Waals surface area contributed by atoms with Crippen LogP contribution in [0.25, 0.3) is 0 Å². The van der Waals surface area contributed by atoms with Crippen LogP contribution in [0.1, 0.15) is 10.4 Å². The van der Waals surface area contributed by atoms with Crippen LogP contribution < -0.4 is 5.73 Å². The number of nitrogens with zero attached hydrogens (tertiary/aromatic N) is 2. The summed E-state index contributed by atoms with van der Waals surface area (Å²) in [6.45, 7) is 2.56. The molecule has 1 fully saturated rings. The zero-order chi connectivity index (χ0) is 14.0. The summed E-state index contributed by atoms with van der Waals surface area (Å²) in [6.07, 6.45) is 0. The topological polar surface area (TPSA) is 49.6 Å². The van der Waals surface area contributed by atoms with E-state index in [-0.39, 0.29) is 11.9 Å². The first-order chi connectivity index (χ1) is 9.02. The van der Waals surface area contributed by atoms with E-state index >= 15 is 0 Å². The molecule has 0 bridgehead atoms. The average Bonchev–Trinajstić information content (AvgIpc) is 2.40. The Bertz CT molecular complexity index is 483. The summed E-state index contributed by atoms with van der Waals surface area (Å²) < 4.78 is 13.9. The van der Waals surface area contributed by atoms with Gasteiger partial charge in [-0.1, -0.05) is 0 Å². The fourth-order valence-corrected chi connectivity index (χ4v) is 2.71. The molecule has 1 heterocycles. The zero-order valence-electron chi connectivity index (χ0n) is 10.8. The maximum atomic E-state index is 13.3. The van der Waals surface area contributed by atoms with Crippen molar-refractivity contribution in [2.45, 2.75) is 6.04 Å². The maximum Gasteiger partial charge on any atom is 0.255 e. The molecule has 6 heteroatoms. The number of likely N-dealkylation sites (N-methyl/N-ethyl adjacent to an activating group) is 1. The first kappa shape index (κ1) is 14.4. The van der Waals surface area contributed by atoms with Crippen LogP contribution in [0, 0.1) is 5.82 Å². The van der Waals surface area contributed by atoms with Gasteiger partial charge in [0.15, 0.2) is 0 Å². The van der Waals surface area contributed by atoms with Crippen molar-refractivity contribution in [1.82, 2.24) is 9.80 Å². The molecule has 4 nitrogen and oxygen atoms in total. The Kier molecular flexibility index (Phi) is 4.54. The zero-order valence-corrected chi connectivity index (χ0v) is 12.4. The molecular weight excluding hydrogens is 313 g/mol. The largest absolute Gasteiger partial charge is 0.332 e. The maximum absolute atomic E-state index is 13.3. The van der Waals surface area contributed by atoms with E-state index in [0.29, 0.717) is 23.1 Å². The van der Waals surface area contributed by atoms with Crippen LogP contribution in [0.4, 0.5) is 4.39 Å². The minimum atomic E-state index is -0.412. The molecule has 1 aromatic carbocycles. The van der Waals surface area contributed by atoms with E-state index in [4.69, 9.17) is 5.73 Å². The fourth-order valence-electron chi connectivity index (χ4n) is 2.30. The number of carbonyl (C=O) groups is 1. The van der Waals surface area contributed by atoms with Gasteiger partial charge in [-0.3, -0.25) is 4.79 Å². The van der Waals surface area contributed by atoms with Gasteiger partial charge in [-0.2, -0.15) is 0 Å². The lowest BCUT2D eigenvalue weighted by molar-refractivity contribution is 0.0514. The molecule has 0 saturated carbocycles. The molecule has 104 valence electrons. The number of halogens is 2.